The summed E-state index contributed by atoms with van der Waals surface area (Å²) < 4.78 is 0. The molecule has 1 heterocycles. The zero-order chi connectivity index (χ0) is 9.97. The molecule has 0 unspecified atom stereocenters. The van der Waals surface area contributed by atoms with Crippen LogP contribution in [0.25, 0.3) is 5.70 Å². The summed E-state index contributed by atoms with van der Waals surface area (Å²) in [5.41, 5.74) is 5.70. The molecule has 0 amide bonds. The Kier molecular flexibility index (Phi) is 2.52. The van der Waals surface area contributed by atoms with Crippen LogP contribution in [0.15, 0.2) is 36.4 Å². The van der Waals surface area contributed by atoms with Crippen LogP contribution in [-0.2, 0) is 0 Å². The van der Waals surface area contributed by atoms with Crippen molar-refractivity contribution in [1.82, 2.24) is 15.6 Å². The van der Waals surface area contributed by atoms with Crippen molar-refractivity contribution in [3.05, 3.63) is 42.0 Å². The predicted octanol–water partition coefficient (Wildman–Crippen LogP) is 1.32. The molecule has 14 heavy (non-hydrogen) atoms. The molecule has 2 rings (SSSR count). The van der Waals surface area contributed by atoms with Gasteiger partial charge in [0, 0.05) is 20.6 Å². The lowest BCUT2D eigenvalue weighted by molar-refractivity contribution is 0.112. The SMILES string of the molecule is CN1CC=C(c2ccccc2)N(C)N1. The van der Waals surface area contributed by atoms with Crippen molar-refractivity contribution in [1.29, 1.82) is 0 Å². The lowest BCUT2D eigenvalue weighted by Gasteiger charge is -2.33. The van der Waals surface area contributed by atoms with Crippen LogP contribution in [-0.4, -0.2) is 30.7 Å². The van der Waals surface area contributed by atoms with E-state index >= 15 is 0 Å². The van der Waals surface area contributed by atoms with Gasteiger partial charge in [-0.3, -0.25) is 5.01 Å². The van der Waals surface area contributed by atoms with Crippen LogP contribution in [0.1, 0.15) is 5.56 Å². The summed E-state index contributed by atoms with van der Waals surface area (Å²) in [5, 5.41) is 4.06. The fourth-order valence-electron chi connectivity index (χ4n) is 1.63. The van der Waals surface area contributed by atoms with E-state index in [-0.39, 0.29) is 0 Å². The first-order valence-electron chi connectivity index (χ1n) is 4.74. The van der Waals surface area contributed by atoms with Crippen molar-refractivity contribution in [3.8, 4) is 0 Å². The lowest BCUT2D eigenvalue weighted by atomic mass is 10.1. The van der Waals surface area contributed by atoms with Gasteiger partial charge in [0.1, 0.15) is 0 Å². The van der Waals surface area contributed by atoms with Gasteiger partial charge < -0.3 is 0 Å². The van der Waals surface area contributed by atoms with E-state index in [1.807, 2.05) is 30.2 Å². The van der Waals surface area contributed by atoms with Crippen LogP contribution in [0.3, 0.4) is 0 Å². The van der Waals surface area contributed by atoms with Crippen molar-refractivity contribution >= 4 is 5.70 Å². The minimum Gasteiger partial charge on any atom is -0.298 e. The van der Waals surface area contributed by atoms with Crippen molar-refractivity contribution < 1.29 is 0 Å². The molecule has 74 valence electrons. The molecule has 1 N–H and O–H groups in total. The first-order valence-corrected chi connectivity index (χ1v) is 4.74. The number of nitrogens with one attached hydrogen (secondary N) is 1. The quantitative estimate of drug-likeness (QED) is 0.719. The molecule has 1 aromatic carbocycles. The van der Waals surface area contributed by atoms with E-state index in [2.05, 4.69) is 35.9 Å². The Labute approximate surface area is 84.6 Å². The summed E-state index contributed by atoms with van der Waals surface area (Å²) in [6.45, 7) is 0.925. The molecule has 0 saturated heterocycles. The van der Waals surface area contributed by atoms with Crippen LogP contribution in [0.2, 0.25) is 0 Å². The number of hydrogen-bond donors (Lipinski definition) is 1. The van der Waals surface area contributed by atoms with E-state index < -0.39 is 0 Å². The van der Waals surface area contributed by atoms with Gasteiger partial charge in [0.05, 0.1) is 5.70 Å². The Balaban J connectivity index is 2.27. The highest BCUT2D eigenvalue weighted by atomic mass is 15.7. The number of nitrogens with zero attached hydrogens (tertiary/aromatic N) is 2. The zero-order valence-electron chi connectivity index (χ0n) is 8.57. The third-order valence-corrected chi connectivity index (χ3v) is 2.31. The van der Waals surface area contributed by atoms with Gasteiger partial charge in [-0.25, -0.2) is 5.01 Å². The second kappa shape index (κ2) is 3.82. The largest absolute Gasteiger partial charge is 0.298 e. The molecule has 0 aromatic heterocycles. The molecular weight excluding hydrogens is 174 g/mol. The van der Waals surface area contributed by atoms with Gasteiger partial charge in [0.15, 0.2) is 0 Å². The van der Waals surface area contributed by atoms with Crippen LogP contribution in [0.4, 0.5) is 0 Å². The predicted molar refractivity (Wildman–Crippen MR) is 57.9 cm³/mol. The smallest absolute Gasteiger partial charge is 0.0575 e. The van der Waals surface area contributed by atoms with Gasteiger partial charge in [0.2, 0.25) is 0 Å². The van der Waals surface area contributed by atoms with Gasteiger partial charge in [-0.15, -0.1) is 0 Å². The summed E-state index contributed by atoms with van der Waals surface area (Å²) in [4.78, 5) is 0. The van der Waals surface area contributed by atoms with Crippen LogP contribution in [0.5, 0.6) is 0 Å². The van der Waals surface area contributed by atoms with Gasteiger partial charge in [-0.05, 0) is 11.6 Å². The molecule has 3 nitrogen and oxygen atoms in total. The number of benzene rings is 1. The summed E-state index contributed by atoms with van der Waals surface area (Å²) >= 11 is 0. The summed E-state index contributed by atoms with van der Waals surface area (Å²) in [7, 11) is 4.04. The third-order valence-electron chi connectivity index (χ3n) is 2.31. The Bertz CT molecular complexity index is 332. The Hall–Kier alpha value is -1.32. The number of hydrazine groups is 2. The molecule has 1 aliphatic rings. The Morgan fingerprint density at radius 3 is 2.50 bits per heavy atom. The standard InChI is InChI=1S/C11H15N3/c1-13-9-8-11(14(2)12-13)10-6-4-3-5-7-10/h3-8,12H,9H2,1-2H3. The van der Waals surface area contributed by atoms with Crippen LogP contribution < -0.4 is 5.53 Å². The minimum absolute atomic E-state index is 0.925. The monoisotopic (exact) mass is 189 g/mol. The first-order chi connectivity index (χ1) is 6.77. The molecule has 0 fully saturated rings. The van der Waals surface area contributed by atoms with Gasteiger partial charge >= 0.3 is 0 Å². The Morgan fingerprint density at radius 2 is 1.86 bits per heavy atom. The maximum absolute atomic E-state index is 3.23. The van der Waals surface area contributed by atoms with Crippen LogP contribution >= 0.6 is 0 Å². The topological polar surface area (TPSA) is 18.5 Å². The molecule has 0 atom stereocenters. The summed E-state index contributed by atoms with van der Waals surface area (Å²) in [5.74, 6) is 0. The fraction of sp³-hybridized carbons (Fsp3) is 0.273. The maximum Gasteiger partial charge on any atom is 0.0575 e. The van der Waals surface area contributed by atoms with Crippen molar-refractivity contribution in [2.45, 2.75) is 0 Å². The van der Waals surface area contributed by atoms with Gasteiger partial charge in [0.25, 0.3) is 0 Å². The lowest BCUT2D eigenvalue weighted by Crippen LogP contribution is -2.48. The molecule has 0 bridgehead atoms. The second-order valence-electron chi connectivity index (χ2n) is 3.49. The highest BCUT2D eigenvalue weighted by Gasteiger charge is 2.12. The molecule has 1 aliphatic heterocycles. The second-order valence-corrected chi connectivity index (χ2v) is 3.49. The normalized spacial score (nSPS) is 18.1. The van der Waals surface area contributed by atoms with Crippen molar-refractivity contribution in [3.63, 3.8) is 0 Å². The van der Waals surface area contributed by atoms with E-state index in [1.54, 1.807) is 0 Å². The highest BCUT2D eigenvalue weighted by Crippen LogP contribution is 2.17. The molecule has 1 aromatic rings. The maximum atomic E-state index is 3.23. The molecule has 3 heteroatoms. The van der Waals surface area contributed by atoms with E-state index in [0.717, 1.165) is 6.54 Å². The molecule has 0 spiro atoms. The number of likely N-dealkylation sites (N-methyl/N-ethyl adjacent to an activating group) is 1. The average molecular weight is 189 g/mol. The first kappa shape index (κ1) is 9.24. The zero-order valence-corrected chi connectivity index (χ0v) is 8.57. The van der Waals surface area contributed by atoms with Crippen molar-refractivity contribution in [2.24, 2.45) is 0 Å². The Morgan fingerprint density at radius 1 is 1.14 bits per heavy atom. The number of rotatable bonds is 1. The van der Waals surface area contributed by atoms with Crippen LogP contribution in [0, 0.1) is 0 Å². The van der Waals surface area contributed by atoms with Gasteiger partial charge in [-0.2, -0.15) is 5.53 Å². The van der Waals surface area contributed by atoms with E-state index in [0.29, 0.717) is 0 Å². The minimum atomic E-state index is 0.925. The number of hydrogen-bond acceptors (Lipinski definition) is 3. The highest BCUT2D eigenvalue weighted by molar-refractivity contribution is 5.64. The molecule has 0 saturated carbocycles. The third kappa shape index (κ3) is 1.78. The summed E-state index contributed by atoms with van der Waals surface area (Å²) in [6.07, 6.45) is 2.21. The van der Waals surface area contributed by atoms with Gasteiger partial charge in [-0.1, -0.05) is 30.3 Å². The summed E-state index contributed by atoms with van der Waals surface area (Å²) in [6, 6.07) is 10.4. The van der Waals surface area contributed by atoms with E-state index in [1.165, 1.54) is 11.3 Å². The fourth-order valence-corrected chi connectivity index (χ4v) is 1.63. The average Bonchev–Trinajstić information content (AvgIpc) is 2.19. The van der Waals surface area contributed by atoms with E-state index in [9.17, 15) is 0 Å². The molecular formula is C11H15N3. The molecule has 0 radical (unpaired) electrons. The van der Waals surface area contributed by atoms with E-state index in [4.69, 9.17) is 0 Å². The molecule has 0 aliphatic carbocycles. The van der Waals surface area contributed by atoms with Crippen molar-refractivity contribution in [2.75, 3.05) is 20.6 Å².